The number of nitrogens with one attached hydrogen (secondary N) is 2. The molecule has 144 valence electrons. The van der Waals surface area contributed by atoms with Crippen LogP contribution in [0.2, 0.25) is 0 Å². The molecule has 2 N–H and O–H groups in total. The molecule has 2 aromatic carbocycles. The van der Waals surface area contributed by atoms with Gasteiger partial charge in [0.25, 0.3) is 0 Å². The molecule has 0 aliphatic carbocycles. The smallest absolute Gasteiger partial charge is 0.139 e. The predicted molar refractivity (Wildman–Crippen MR) is 117 cm³/mol. The van der Waals surface area contributed by atoms with Gasteiger partial charge >= 0.3 is 0 Å². The summed E-state index contributed by atoms with van der Waals surface area (Å²) >= 11 is 0. The van der Waals surface area contributed by atoms with Gasteiger partial charge in [0.1, 0.15) is 17.3 Å². The van der Waals surface area contributed by atoms with Crippen LogP contribution < -0.4 is 10.6 Å². The number of anilines is 2. The summed E-state index contributed by atoms with van der Waals surface area (Å²) in [6, 6.07) is 17.1. The minimum Gasteiger partial charge on any atom is -0.340 e. The zero-order chi connectivity index (χ0) is 19.7. The highest BCUT2D eigenvalue weighted by Crippen LogP contribution is 2.37. The minimum atomic E-state index is -0.0649. The Morgan fingerprint density at radius 1 is 1.21 bits per heavy atom. The Morgan fingerprint density at radius 3 is 2.75 bits per heavy atom. The second-order valence-electron chi connectivity index (χ2n) is 8.16. The highest BCUT2D eigenvalue weighted by Gasteiger charge is 2.32. The van der Waals surface area contributed by atoms with Crippen LogP contribution in [0.1, 0.15) is 30.8 Å². The first-order chi connectivity index (χ1) is 13.5. The summed E-state index contributed by atoms with van der Waals surface area (Å²) in [4.78, 5) is 5.04. The number of imidazole rings is 1. The molecule has 0 atom stereocenters. The van der Waals surface area contributed by atoms with Crippen molar-refractivity contribution in [3.8, 4) is 11.3 Å². The van der Waals surface area contributed by atoms with Crippen LogP contribution in [0.5, 0.6) is 0 Å². The zero-order valence-electron chi connectivity index (χ0n) is 16.9. The van der Waals surface area contributed by atoms with Crippen molar-refractivity contribution in [2.75, 3.05) is 11.9 Å². The van der Waals surface area contributed by atoms with Crippen LogP contribution >= 0.6 is 0 Å². The number of hydrogen-bond donors (Lipinski definition) is 2. The number of hydrogen-bond acceptors (Lipinski definition) is 3. The maximum Gasteiger partial charge on any atom is 0.139 e. The number of benzene rings is 2. The number of nitrogens with zero attached hydrogens (tertiary/aromatic N) is 2. The number of allylic oxidation sites excluding steroid dienone is 1. The molecule has 0 spiro atoms. The molecule has 0 amide bonds. The normalized spacial score (nSPS) is 15.1. The van der Waals surface area contributed by atoms with E-state index < -0.39 is 0 Å². The van der Waals surface area contributed by atoms with E-state index in [1.165, 1.54) is 11.1 Å². The molecule has 0 unspecified atom stereocenters. The van der Waals surface area contributed by atoms with Gasteiger partial charge in [-0.15, -0.1) is 6.58 Å². The predicted octanol–water partition coefficient (Wildman–Crippen LogP) is 5.17. The second kappa shape index (κ2) is 7.28. The van der Waals surface area contributed by atoms with Crippen LogP contribution in [-0.2, 0) is 18.5 Å². The van der Waals surface area contributed by atoms with Gasteiger partial charge in [0.05, 0.1) is 12.1 Å². The lowest BCUT2D eigenvalue weighted by Crippen LogP contribution is -2.44. The first-order valence-electron chi connectivity index (χ1n) is 9.85. The van der Waals surface area contributed by atoms with Crippen molar-refractivity contribution in [2.45, 2.75) is 39.3 Å². The first-order valence-corrected chi connectivity index (χ1v) is 9.85. The third-order valence-electron chi connectivity index (χ3n) is 5.29. The number of aromatic nitrogens is 2. The standard InChI is InChI=1S/C24H28N4/c1-5-7-18-8-6-9-19(14-18)22-23(26-20-12-10-17(2)11-13-20)28-21(27-22)15-25-16-24(28,3)4/h5-6,8-14,25-26H,1,7,15-16H2,2-4H3. The third-order valence-corrected chi connectivity index (χ3v) is 5.29. The highest BCUT2D eigenvalue weighted by atomic mass is 15.3. The van der Waals surface area contributed by atoms with E-state index in [0.717, 1.165) is 48.1 Å². The van der Waals surface area contributed by atoms with E-state index in [1.807, 2.05) is 6.08 Å². The van der Waals surface area contributed by atoms with Gasteiger partial charge in [0.2, 0.25) is 0 Å². The lowest BCUT2D eigenvalue weighted by atomic mass is 10.0. The van der Waals surface area contributed by atoms with Gasteiger partial charge in [-0.3, -0.25) is 0 Å². The molecular formula is C24H28N4. The van der Waals surface area contributed by atoms with Crippen molar-refractivity contribution in [3.63, 3.8) is 0 Å². The summed E-state index contributed by atoms with van der Waals surface area (Å²) in [5.74, 6) is 2.12. The Morgan fingerprint density at radius 2 is 2.00 bits per heavy atom. The molecule has 0 fully saturated rings. The number of rotatable bonds is 5. The van der Waals surface area contributed by atoms with E-state index in [4.69, 9.17) is 4.98 Å². The quantitative estimate of drug-likeness (QED) is 0.607. The van der Waals surface area contributed by atoms with Gasteiger partial charge in [0, 0.05) is 17.8 Å². The highest BCUT2D eigenvalue weighted by molar-refractivity contribution is 5.77. The van der Waals surface area contributed by atoms with E-state index in [-0.39, 0.29) is 5.54 Å². The first kappa shape index (κ1) is 18.5. The molecule has 0 saturated carbocycles. The van der Waals surface area contributed by atoms with Crippen LogP contribution in [0.4, 0.5) is 11.5 Å². The van der Waals surface area contributed by atoms with Crippen LogP contribution in [0.15, 0.2) is 61.2 Å². The summed E-state index contributed by atoms with van der Waals surface area (Å²) < 4.78 is 2.36. The molecule has 0 saturated heterocycles. The fraction of sp³-hybridized carbons (Fsp3) is 0.292. The molecule has 28 heavy (non-hydrogen) atoms. The molecule has 4 nitrogen and oxygen atoms in total. The average molecular weight is 373 g/mol. The maximum atomic E-state index is 5.04. The lowest BCUT2D eigenvalue weighted by Gasteiger charge is -2.35. The van der Waals surface area contributed by atoms with Gasteiger partial charge in [-0.2, -0.15) is 0 Å². The van der Waals surface area contributed by atoms with Gasteiger partial charge in [-0.05, 0) is 51.0 Å². The molecular weight excluding hydrogens is 344 g/mol. The fourth-order valence-electron chi connectivity index (χ4n) is 3.90. The summed E-state index contributed by atoms with van der Waals surface area (Å²) in [5, 5.41) is 7.17. The Balaban J connectivity index is 1.86. The largest absolute Gasteiger partial charge is 0.340 e. The molecule has 0 radical (unpaired) electrons. The number of aryl methyl sites for hydroxylation is 1. The van der Waals surface area contributed by atoms with Crippen molar-refractivity contribution in [3.05, 3.63) is 78.1 Å². The van der Waals surface area contributed by atoms with Crippen LogP contribution in [0.3, 0.4) is 0 Å². The van der Waals surface area contributed by atoms with Crippen molar-refractivity contribution in [1.82, 2.24) is 14.9 Å². The Kier molecular flexibility index (Phi) is 4.82. The topological polar surface area (TPSA) is 41.9 Å². The van der Waals surface area contributed by atoms with Crippen LogP contribution in [-0.4, -0.2) is 16.1 Å². The molecule has 1 aliphatic rings. The van der Waals surface area contributed by atoms with Crippen molar-refractivity contribution in [2.24, 2.45) is 0 Å². The molecule has 1 aromatic heterocycles. The van der Waals surface area contributed by atoms with Gasteiger partial charge < -0.3 is 15.2 Å². The van der Waals surface area contributed by atoms with Crippen molar-refractivity contribution in [1.29, 1.82) is 0 Å². The molecule has 0 bridgehead atoms. The van der Waals surface area contributed by atoms with E-state index in [2.05, 4.69) is 91.1 Å². The van der Waals surface area contributed by atoms with Gasteiger partial charge in [-0.25, -0.2) is 4.98 Å². The minimum absolute atomic E-state index is 0.0649. The van der Waals surface area contributed by atoms with Gasteiger partial charge in [0.15, 0.2) is 0 Å². The molecule has 3 aromatic rings. The summed E-state index contributed by atoms with van der Waals surface area (Å²) in [7, 11) is 0. The van der Waals surface area contributed by atoms with Crippen molar-refractivity contribution < 1.29 is 0 Å². The Labute approximate surface area is 167 Å². The van der Waals surface area contributed by atoms with E-state index >= 15 is 0 Å². The molecule has 4 rings (SSSR count). The Hall–Kier alpha value is -2.85. The van der Waals surface area contributed by atoms with Crippen LogP contribution in [0, 0.1) is 6.92 Å². The van der Waals surface area contributed by atoms with E-state index in [0.29, 0.717) is 0 Å². The van der Waals surface area contributed by atoms with Crippen LogP contribution in [0.25, 0.3) is 11.3 Å². The second-order valence-corrected chi connectivity index (χ2v) is 8.16. The summed E-state index contributed by atoms with van der Waals surface area (Å²) in [6.45, 7) is 12.2. The maximum absolute atomic E-state index is 5.04. The monoisotopic (exact) mass is 372 g/mol. The zero-order valence-corrected chi connectivity index (χ0v) is 16.9. The fourth-order valence-corrected chi connectivity index (χ4v) is 3.90. The summed E-state index contributed by atoms with van der Waals surface area (Å²) in [5.41, 5.74) is 5.64. The van der Waals surface area contributed by atoms with E-state index in [1.54, 1.807) is 0 Å². The summed E-state index contributed by atoms with van der Waals surface area (Å²) in [6.07, 6.45) is 2.80. The van der Waals surface area contributed by atoms with Crippen molar-refractivity contribution >= 4 is 11.5 Å². The Bertz CT molecular complexity index is 996. The molecule has 1 aliphatic heterocycles. The molecule has 4 heteroatoms. The molecule has 2 heterocycles. The van der Waals surface area contributed by atoms with E-state index in [9.17, 15) is 0 Å². The number of fused-ring (bicyclic) bond motifs is 1. The SMILES string of the molecule is C=CCc1cccc(-c2nc3n(c2Nc2ccc(C)cc2)C(C)(C)CNC3)c1. The average Bonchev–Trinajstić information content (AvgIpc) is 3.04. The van der Waals surface area contributed by atoms with Gasteiger partial charge in [-0.1, -0.05) is 42.0 Å². The third kappa shape index (κ3) is 3.48. The lowest BCUT2D eigenvalue weighted by molar-refractivity contribution is 0.290.